The molecule has 14 heteroatoms. The van der Waals surface area contributed by atoms with E-state index in [4.69, 9.17) is 26.1 Å². The van der Waals surface area contributed by atoms with Crippen LogP contribution in [0.15, 0.2) is 78.9 Å². The predicted octanol–water partition coefficient (Wildman–Crippen LogP) is 8.06. The maximum atomic E-state index is 15.9. The number of amides is 1. The van der Waals surface area contributed by atoms with Gasteiger partial charge in [-0.25, -0.2) is 23.1 Å². The summed E-state index contributed by atoms with van der Waals surface area (Å²) in [5.74, 6) is -1.38. The monoisotopic (exact) mass is 752 g/mol. The summed E-state index contributed by atoms with van der Waals surface area (Å²) in [4.78, 5) is 22.5. The molecule has 0 radical (unpaired) electrons. The van der Waals surface area contributed by atoms with E-state index in [9.17, 15) is 18.7 Å². The Labute approximate surface area is 311 Å². The first-order valence-corrected chi connectivity index (χ1v) is 17.5. The summed E-state index contributed by atoms with van der Waals surface area (Å²) in [7, 11) is 0. The topological polar surface area (TPSA) is 127 Å². The summed E-state index contributed by atoms with van der Waals surface area (Å²) in [6.07, 6.45) is 1.03. The van der Waals surface area contributed by atoms with Crippen molar-refractivity contribution in [2.45, 2.75) is 45.6 Å². The molecule has 7 aromatic rings. The lowest BCUT2D eigenvalue weighted by atomic mass is 9.99. The van der Waals surface area contributed by atoms with Crippen molar-refractivity contribution in [1.29, 1.82) is 0 Å². The number of aromatic nitrogens is 5. The van der Waals surface area contributed by atoms with Gasteiger partial charge in [-0.1, -0.05) is 23.7 Å². The molecule has 1 aliphatic rings. The maximum Gasteiger partial charge on any atom is 0.255 e. The molecule has 4 heterocycles. The molecule has 0 saturated carbocycles. The smallest absolute Gasteiger partial charge is 0.255 e. The fraction of sp³-hybridized carbons (Fsp3) is 0.200. The van der Waals surface area contributed by atoms with Crippen LogP contribution >= 0.6 is 11.6 Å². The largest absolute Gasteiger partial charge is 0.473 e. The quantitative estimate of drug-likeness (QED) is 0.122. The summed E-state index contributed by atoms with van der Waals surface area (Å²) in [6.45, 7) is 2.41. The van der Waals surface area contributed by atoms with Gasteiger partial charge in [-0.15, -0.1) is 0 Å². The van der Waals surface area contributed by atoms with Gasteiger partial charge < -0.3 is 24.5 Å². The number of halogens is 4. The van der Waals surface area contributed by atoms with E-state index >= 15 is 4.39 Å². The highest BCUT2D eigenvalue weighted by atomic mass is 35.5. The second kappa shape index (κ2) is 14.6. The van der Waals surface area contributed by atoms with Crippen LogP contribution in [-0.2, 0) is 30.9 Å². The average molecular weight is 753 g/mol. The summed E-state index contributed by atoms with van der Waals surface area (Å²) >= 11 is 5.85. The van der Waals surface area contributed by atoms with Gasteiger partial charge in [0.15, 0.2) is 0 Å². The van der Waals surface area contributed by atoms with E-state index < -0.39 is 23.4 Å². The lowest BCUT2D eigenvalue weighted by molar-refractivity contribution is -0.0589. The number of ether oxygens (including phenoxy) is 2. The van der Waals surface area contributed by atoms with Crippen molar-refractivity contribution >= 4 is 45.1 Å². The average Bonchev–Trinajstić information content (AvgIpc) is 3.68. The number of nitrogens with one attached hydrogen (secondary N) is 2. The Bertz CT molecular complexity index is 2570. The number of aliphatic hydroxyl groups excluding tert-OH is 1. The number of aryl methyl sites for hydroxylation is 1. The molecule has 8 rings (SSSR count). The zero-order valence-corrected chi connectivity index (χ0v) is 29.6. The molecule has 0 unspecified atom stereocenters. The van der Waals surface area contributed by atoms with Crippen LogP contribution in [0.5, 0.6) is 5.88 Å². The Kier molecular flexibility index (Phi) is 9.52. The zero-order valence-electron chi connectivity index (χ0n) is 28.8. The van der Waals surface area contributed by atoms with Gasteiger partial charge in [0.1, 0.15) is 35.4 Å². The maximum absolute atomic E-state index is 15.9. The third-order valence-electron chi connectivity index (χ3n) is 9.54. The number of H-pyrrole nitrogens is 1. The Balaban J connectivity index is 1.06. The van der Waals surface area contributed by atoms with Gasteiger partial charge in [-0.3, -0.25) is 9.89 Å². The number of pyridine rings is 1. The fourth-order valence-electron chi connectivity index (χ4n) is 6.54. The zero-order chi connectivity index (χ0) is 37.5. The highest BCUT2D eigenvalue weighted by molar-refractivity contribution is 6.30. The van der Waals surface area contributed by atoms with E-state index in [1.165, 1.54) is 18.2 Å². The second-order valence-corrected chi connectivity index (χ2v) is 13.5. The van der Waals surface area contributed by atoms with Crippen LogP contribution in [-0.4, -0.2) is 48.5 Å². The summed E-state index contributed by atoms with van der Waals surface area (Å²) in [5.41, 5.74) is 4.49. The molecule has 1 atom stereocenters. The van der Waals surface area contributed by atoms with Crippen molar-refractivity contribution in [2.75, 3.05) is 11.9 Å². The number of hydrogen-bond donors (Lipinski definition) is 3. The van der Waals surface area contributed by atoms with Crippen molar-refractivity contribution in [3.63, 3.8) is 0 Å². The molecule has 0 aliphatic carbocycles. The number of imidazole rings is 1. The summed E-state index contributed by atoms with van der Waals surface area (Å²) in [5, 5.41) is 20.7. The Morgan fingerprint density at radius 1 is 1.00 bits per heavy atom. The van der Waals surface area contributed by atoms with Crippen molar-refractivity contribution in [3.8, 4) is 17.1 Å². The lowest BCUT2D eigenvalue weighted by Crippen LogP contribution is -2.31. The molecule has 1 amide bonds. The van der Waals surface area contributed by atoms with Crippen molar-refractivity contribution < 1.29 is 32.5 Å². The fourth-order valence-corrected chi connectivity index (χ4v) is 6.70. The van der Waals surface area contributed by atoms with E-state index in [2.05, 4.69) is 20.5 Å². The summed E-state index contributed by atoms with van der Waals surface area (Å²) in [6, 6.07) is 20.1. The van der Waals surface area contributed by atoms with Crippen molar-refractivity contribution in [2.24, 2.45) is 0 Å². The molecule has 0 bridgehead atoms. The number of fused-ring (bicyclic) bond motifs is 2. The first-order chi connectivity index (χ1) is 26.1. The number of aliphatic hydroxyl groups is 1. The van der Waals surface area contributed by atoms with Crippen LogP contribution in [0.3, 0.4) is 0 Å². The number of carbonyl (C=O) groups is 1. The molecule has 3 N–H and O–H groups in total. The molecule has 3 aromatic heterocycles. The minimum Gasteiger partial charge on any atom is -0.473 e. The number of aromatic amines is 1. The van der Waals surface area contributed by atoms with Crippen LogP contribution in [0.2, 0.25) is 5.02 Å². The van der Waals surface area contributed by atoms with E-state index in [0.29, 0.717) is 52.4 Å². The van der Waals surface area contributed by atoms with Crippen LogP contribution in [0, 0.1) is 24.4 Å². The highest BCUT2D eigenvalue weighted by Gasteiger charge is 2.24. The van der Waals surface area contributed by atoms with Crippen LogP contribution in [0.1, 0.15) is 45.0 Å². The molecule has 274 valence electrons. The van der Waals surface area contributed by atoms with E-state index in [0.717, 1.165) is 18.0 Å². The van der Waals surface area contributed by atoms with Crippen LogP contribution in [0.25, 0.3) is 33.2 Å². The number of carbonyl (C=O) groups excluding carboxylic acids is 1. The molecular formula is C40H32ClF3N6O4. The second-order valence-electron chi connectivity index (χ2n) is 13.1. The first kappa shape index (κ1) is 35.3. The number of hydrogen-bond acceptors (Lipinski definition) is 7. The summed E-state index contributed by atoms with van der Waals surface area (Å²) < 4.78 is 58.3. The van der Waals surface area contributed by atoms with E-state index in [1.54, 1.807) is 55.5 Å². The molecule has 1 saturated heterocycles. The van der Waals surface area contributed by atoms with Gasteiger partial charge >= 0.3 is 0 Å². The minimum atomic E-state index is -0.580. The van der Waals surface area contributed by atoms with Gasteiger partial charge in [0.25, 0.3) is 5.91 Å². The molecular weight excluding hydrogens is 721 g/mol. The molecule has 4 aromatic carbocycles. The molecule has 10 nitrogen and oxygen atoms in total. The Morgan fingerprint density at radius 2 is 1.85 bits per heavy atom. The van der Waals surface area contributed by atoms with Crippen LogP contribution in [0.4, 0.5) is 18.9 Å². The van der Waals surface area contributed by atoms with Gasteiger partial charge in [0.05, 0.1) is 41.7 Å². The minimum absolute atomic E-state index is 0.0232. The van der Waals surface area contributed by atoms with Crippen LogP contribution < -0.4 is 10.1 Å². The van der Waals surface area contributed by atoms with Crippen molar-refractivity contribution in [3.05, 3.63) is 135 Å². The molecule has 54 heavy (non-hydrogen) atoms. The molecule has 1 aliphatic heterocycles. The SMILES string of the molecule is Cc1n[nH]c2c(F)cc(C(=O)Nc3ccc4c(c3)nc(Cc3cc(F)c(-c5cccc(OCc6ccc(Cl)cc6F)n5)cc3CO)n4C[C@@H]3CCO3)cc12. The Hall–Kier alpha value is -5.76. The van der Waals surface area contributed by atoms with Crippen molar-refractivity contribution in [1.82, 2.24) is 24.7 Å². The first-order valence-electron chi connectivity index (χ1n) is 17.2. The van der Waals surface area contributed by atoms with Gasteiger partial charge in [-0.05, 0) is 85.1 Å². The number of nitrogens with zero attached hydrogens (tertiary/aromatic N) is 4. The normalized spacial score (nSPS) is 14.1. The predicted molar refractivity (Wildman–Crippen MR) is 197 cm³/mol. The highest BCUT2D eigenvalue weighted by Crippen LogP contribution is 2.31. The molecule has 1 fully saturated rings. The third kappa shape index (κ3) is 7.00. The number of rotatable bonds is 11. The number of benzene rings is 4. The number of anilines is 1. The van der Waals surface area contributed by atoms with Gasteiger partial charge in [0, 0.05) is 51.9 Å². The van der Waals surface area contributed by atoms with Gasteiger partial charge in [-0.2, -0.15) is 5.10 Å². The Morgan fingerprint density at radius 3 is 2.63 bits per heavy atom. The lowest BCUT2D eigenvalue weighted by Gasteiger charge is -2.27. The molecule has 0 spiro atoms. The standard InChI is InChI=1S/C40H32ClF3N6O4/c1-21-29-11-24(14-33(44)39(29)49-48-21)40(52)45-27-7-8-36-35(17-27)46-37(50(36)18-28-9-10-53-28)15-23-13-32(43)30(12-25(23)19-51)34-3-2-4-38(47-34)54-20-22-5-6-26(41)16-31(22)42/h2-8,11-14,16-17,28,51H,9-10,15,18-20H2,1H3,(H,45,52)(H,48,49)/t28-/m0/s1. The van der Waals surface area contributed by atoms with E-state index in [-0.39, 0.29) is 64.5 Å². The van der Waals surface area contributed by atoms with E-state index in [1.807, 2.05) is 10.6 Å². The van der Waals surface area contributed by atoms with Gasteiger partial charge in [0.2, 0.25) is 5.88 Å². The third-order valence-corrected chi connectivity index (χ3v) is 9.78.